The molecular formula is C24H18N2O5. The fourth-order valence-corrected chi connectivity index (χ4v) is 3.68. The minimum Gasteiger partial charge on any atom is -0.507 e. The van der Waals surface area contributed by atoms with Crippen molar-refractivity contribution in [2.75, 3.05) is 4.90 Å². The van der Waals surface area contributed by atoms with E-state index in [2.05, 4.69) is 0 Å². The number of ketones is 1. The monoisotopic (exact) mass is 414 g/mol. The minimum absolute atomic E-state index is 0.113. The van der Waals surface area contributed by atoms with Crippen LogP contribution in [-0.2, 0) is 9.59 Å². The van der Waals surface area contributed by atoms with Gasteiger partial charge in [0.25, 0.3) is 17.4 Å². The molecule has 0 bridgehead atoms. The van der Waals surface area contributed by atoms with Crippen molar-refractivity contribution >= 4 is 28.8 Å². The van der Waals surface area contributed by atoms with Gasteiger partial charge in [-0.25, -0.2) is 0 Å². The molecule has 1 saturated heterocycles. The van der Waals surface area contributed by atoms with Crippen LogP contribution in [0.2, 0.25) is 0 Å². The summed E-state index contributed by atoms with van der Waals surface area (Å²) in [5.41, 5.74) is 1.86. The van der Waals surface area contributed by atoms with E-state index in [4.69, 9.17) is 0 Å². The Hall–Kier alpha value is -4.26. The van der Waals surface area contributed by atoms with Crippen LogP contribution in [-0.4, -0.2) is 21.7 Å². The Labute approximate surface area is 178 Å². The molecule has 0 spiro atoms. The van der Waals surface area contributed by atoms with Gasteiger partial charge in [-0.05, 0) is 24.6 Å². The first-order chi connectivity index (χ1) is 14.9. The third kappa shape index (κ3) is 3.57. The lowest BCUT2D eigenvalue weighted by molar-refractivity contribution is -0.384. The molecule has 154 valence electrons. The predicted octanol–water partition coefficient (Wildman–Crippen LogP) is 4.53. The van der Waals surface area contributed by atoms with E-state index >= 15 is 0 Å². The summed E-state index contributed by atoms with van der Waals surface area (Å²) in [4.78, 5) is 38.1. The average molecular weight is 414 g/mol. The van der Waals surface area contributed by atoms with E-state index in [1.807, 2.05) is 6.92 Å². The number of anilines is 1. The van der Waals surface area contributed by atoms with Crippen LogP contribution in [0, 0.1) is 17.0 Å². The summed E-state index contributed by atoms with van der Waals surface area (Å²) in [5.74, 6) is -1.98. The molecule has 0 unspecified atom stereocenters. The summed E-state index contributed by atoms with van der Waals surface area (Å²) in [6.45, 7) is 1.89. The quantitative estimate of drug-likeness (QED) is 0.222. The molecule has 1 fully saturated rings. The molecule has 1 aliphatic heterocycles. The largest absolute Gasteiger partial charge is 0.507 e. The standard InChI is InChI=1S/C24H18N2O5/c1-15-10-12-16(13-11-15)22(27)20-21(17-6-5-9-19(14-17)26(30)31)25(24(29)23(20)28)18-7-3-2-4-8-18/h2-14,21,27H,1H3/b22-20+/t21-/m1/s1. The first kappa shape index (κ1) is 20.0. The average Bonchev–Trinajstić information content (AvgIpc) is 3.05. The lowest BCUT2D eigenvalue weighted by Gasteiger charge is -2.25. The number of carbonyl (C=O) groups is 2. The SMILES string of the molecule is Cc1ccc(/C(O)=C2\C(=O)C(=O)N(c3ccccc3)[C@@H]2c2cccc([N+](=O)[O-])c2)cc1. The van der Waals surface area contributed by atoms with E-state index in [-0.39, 0.29) is 17.0 Å². The Kier molecular flexibility index (Phi) is 5.09. The van der Waals surface area contributed by atoms with Crippen LogP contribution >= 0.6 is 0 Å². The number of aliphatic hydroxyl groups excluding tert-OH is 1. The number of Topliss-reactive ketones (excluding diaryl/α,β-unsaturated/α-hetero) is 1. The van der Waals surface area contributed by atoms with Crippen LogP contribution in [0.25, 0.3) is 5.76 Å². The van der Waals surface area contributed by atoms with Gasteiger partial charge in [0.05, 0.1) is 16.5 Å². The molecule has 1 heterocycles. The van der Waals surface area contributed by atoms with Crippen LogP contribution in [0.4, 0.5) is 11.4 Å². The number of aliphatic hydroxyl groups is 1. The lowest BCUT2D eigenvalue weighted by Crippen LogP contribution is -2.29. The highest BCUT2D eigenvalue weighted by atomic mass is 16.6. The molecular weight excluding hydrogens is 396 g/mol. The Morgan fingerprint density at radius 2 is 1.65 bits per heavy atom. The zero-order valence-corrected chi connectivity index (χ0v) is 16.6. The highest BCUT2D eigenvalue weighted by molar-refractivity contribution is 6.51. The van der Waals surface area contributed by atoms with Crippen molar-refractivity contribution in [3.05, 3.63) is 111 Å². The van der Waals surface area contributed by atoms with Crippen molar-refractivity contribution in [3.63, 3.8) is 0 Å². The number of nitro groups is 1. The number of para-hydroxylation sites is 1. The molecule has 3 aromatic rings. The zero-order chi connectivity index (χ0) is 22.1. The maximum Gasteiger partial charge on any atom is 0.300 e. The van der Waals surface area contributed by atoms with Gasteiger partial charge in [-0.15, -0.1) is 0 Å². The van der Waals surface area contributed by atoms with E-state index < -0.39 is 22.7 Å². The van der Waals surface area contributed by atoms with Crippen molar-refractivity contribution in [1.82, 2.24) is 0 Å². The first-order valence-electron chi connectivity index (χ1n) is 9.56. The Balaban J connectivity index is 1.96. The highest BCUT2D eigenvalue weighted by Gasteiger charge is 2.47. The minimum atomic E-state index is -1.01. The van der Waals surface area contributed by atoms with E-state index in [9.17, 15) is 24.8 Å². The predicted molar refractivity (Wildman–Crippen MR) is 116 cm³/mol. The smallest absolute Gasteiger partial charge is 0.300 e. The number of benzene rings is 3. The molecule has 0 aliphatic carbocycles. The number of nitrogens with zero attached hydrogens (tertiary/aromatic N) is 2. The normalized spacial score (nSPS) is 17.7. The third-order valence-electron chi connectivity index (χ3n) is 5.20. The van der Waals surface area contributed by atoms with Crippen LogP contribution in [0.1, 0.15) is 22.7 Å². The highest BCUT2D eigenvalue weighted by Crippen LogP contribution is 2.42. The topological polar surface area (TPSA) is 101 Å². The second-order valence-electron chi connectivity index (χ2n) is 7.22. The summed E-state index contributed by atoms with van der Waals surface area (Å²) in [6.07, 6.45) is 0. The van der Waals surface area contributed by atoms with Crippen molar-refractivity contribution in [1.29, 1.82) is 0 Å². The molecule has 0 radical (unpaired) electrons. The lowest BCUT2D eigenvalue weighted by atomic mass is 9.94. The van der Waals surface area contributed by atoms with Gasteiger partial charge in [-0.1, -0.05) is 60.2 Å². The summed E-state index contributed by atoms with van der Waals surface area (Å²) in [6, 6.07) is 20.2. The number of aryl methyl sites for hydroxylation is 1. The maximum atomic E-state index is 13.0. The number of hydrogen-bond acceptors (Lipinski definition) is 5. The summed E-state index contributed by atoms with van der Waals surface area (Å²) < 4.78 is 0. The molecule has 31 heavy (non-hydrogen) atoms. The van der Waals surface area contributed by atoms with E-state index in [1.165, 1.54) is 23.1 Å². The molecule has 7 nitrogen and oxygen atoms in total. The maximum absolute atomic E-state index is 13.0. The van der Waals surface area contributed by atoms with Gasteiger partial charge in [0.1, 0.15) is 5.76 Å². The van der Waals surface area contributed by atoms with Crippen LogP contribution in [0.15, 0.2) is 84.4 Å². The van der Waals surface area contributed by atoms with Gasteiger partial charge in [0, 0.05) is 23.4 Å². The number of nitro benzene ring substituents is 1. The van der Waals surface area contributed by atoms with Gasteiger partial charge < -0.3 is 5.11 Å². The molecule has 4 rings (SSSR count). The van der Waals surface area contributed by atoms with Crippen LogP contribution in [0.5, 0.6) is 0 Å². The molecule has 0 saturated carbocycles. The van der Waals surface area contributed by atoms with Gasteiger partial charge >= 0.3 is 0 Å². The van der Waals surface area contributed by atoms with Gasteiger partial charge in [0.2, 0.25) is 0 Å². The van der Waals surface area contributed by atoms with Crippen LogP contribution < -0.4 is 4.90 Å². The third-order valence-corrected chi connectivity index (χ3v) is 5.20. The van der Waals surface area contributed by atoms with Crippen molar-refractivity contribution in [2.24, 2.45) is 0 Å². The first-order valence-corrected chi connectivity index (χ1v) is 9.56. The van der Waals surface area contributed by atoms with Crippen LogP contribution in [0.3, 0.4) is 0 Å². The molecule has 1 atom stereocenters. The van der Waals surface area contributed by atoms with Crippen molar-refractivity contribution < 1.29 is 19.6 Å². The second kappa shape index (κ2) is 7.87. The molecule has 3 aromatic carbocycles. The number of carbonyl (C=O) groups excluding carboxylic acids is 2. The second-order valence-corrected chi connectivity index (χ2v) is 7.22. The van der Waals surface area contributed by atoms with E-state index in [1.54, 1.807) is 60.7 Å². The molecule has 1 aliphatic rings. The molecule has 1 N–H and O–H groups in total. The fourth-order valence-electron chi connectivity index (χ4n) is 3.68. The Morgan fingerprint density at radius 3 is 2.29 bits per heavy atom. The van der Waals surface area contributed by atoms with Crippen molar-refractivity contribution in [3.8, 4) is 0 Å². The number of hydrogen-bond donors (Lipinski definition) is 1. The molecule has 1 amide bonds. The van der Waals surface area contributed by atoms with Gasteiger partial charge in [-0.2, -0.15) is 0 Å². The molecule has 7 heteroatoms. The summed E-state index contributed by atoms with van der Waals surface area (Å²) >= 11 is 0. The van der Waals surface area contributed by atoms with Crippen molar-refractivity contribution in [2.45, 2.75) is 13.0 Å². The van der Waals surface area contributed by atoms with Gasteiger partial charge in [0.15, 0.2) is 0 Å². The van der Waals surface area contributed by atoms with E-state index in [0.29, 0.717) is 16.8 Å². The van der Waals surface area contributed by atoms with E-state index in [0.717, 1.165) is 5.56 Å². The summed E-state index contributed by atoms with van der Waals surface area (Å²) in [5, 5.41) is 22.3. The summed E-state index contributed by atoms with van der Waals surface area (Å²) in [7, 11) is 0. The zero-order valence-electron chi connectivity index (χ0n) is 16.6. The number of rotatable bonds is 4. The molecule has 0 aromatic heterocycles. The fraction of sp³-hybridized carbons (Fsp3) is 0.0833. The number of amides is 1. The number of non-ortho nitro benzene ring substituents is 1. The Morgan fingerprint density at radius 1 is 0.968 bits per heavy atom. The Bertz CT molecular complexity index is 1220. The van der Waals surface area contributed by atoms with Gasteiger partial charge in [-0.3, -0.25) is 24.6 Å².